The molecule has 2 N–H and O–H groups in total. The Kier molecular flexibility index (Phi) is 5.01. The predicted molar refractivity (Wildman–Crippen MR) is 101 cm³/mol. The number of rotatable bonds is 6. The molecule has 4 rings (SSSR count). The molecule has 1 aliphatic heterocycles. The highest BCUT2D eigenvalue weighted by Crippen LogP contribution is 2.29. The first-order chi connectivity index (χ1) is 13.1. The van der Waals surface area contributed by atoms with Gasteiger partial charge in [-0.25, -0.2) is 4.98 Å². The van der Waals surface area contributed by atoms with Gasteiger partial charge in [0.05, 0.1) is 24.1 Å². The van der Waals surface area contributed by atoms with Crippen molar-refractivity contribution in [2.24, 2.45) is 5.92 Å². The van der Waals surface area contributed by atoms with Crippen LogP contribution in [0.25, 0.3) is 11.0 Å². The molecule has 1 aliphatic carbocycles. The van der Waals surface area contributed by atoms with Gasteiger partial charge in [-0.3, -0.25) is 9.59 Å². The minimum Gasteiger partial charge on any atom is -0.497 e. The summed E-state index contributed by atoms with van der Waals surface area (Å²) in [6.07, 6.45) is 5.50. The normalized spacial score (nSPS) is 20.6. The summed E-state index contributed by atoms with van der Waals surface area (Å²) in [4.78, 5) is 34.4. The number of likely N-dealkylation sites (tertiary alicyclic amines) is 1. The molecule has 1 aromatic heterocycles. The maximum absolute atomic E-state index is 12.5. The molecule has 2 fully saturated rings. The van der Waals surface area contributed by atoms with Crippen LogP contribution in [0.15, 0.2) is 18.2 Å². The van der Waals surface area contributed by atoms with E-state index in [4.69, 9.17) is 4.74 Å². The number of fused-ring (bicyclic) bond motifs is 1. The summed E-state index contributed by atoms with van der Waals surface area (Å²) in [5, 5.41) is 2.97. The number of imidazole rings is 1. The Bertz CT molecular complexity index is 841. The van der Waals surface area contributed by atoms with Crippen LogP contribution in [0.2, 0.25) is 0 Å². The smallest absolute Gasteiger partial charge is 0.225 e. The number of benzene rings is 1. The highest BCUT2D eigenvalue weighted by molar-refractivity contribution is 5.89. The van der Waals surface area contributed by atoms with Crippen molar-refractivity contribution in [3.63, 3.8) is 0 Å². The lowest BCUT2D eigenvalue weighted by atomic mass is 10.1. The molecule has 1 aromatic carbocycles. The van der Waals surface area contributed by atoms with Crippen LogP contribution < -0.4 is 10.1 Å². The maximum Gasteiger partial charge on any atom is 0.225 e. The van der Waals surface area contributed by atoms with Crippen molar-refractivity contribution in [3.05, 3.63) is 24.0 Å². The molecule has 2 aliphatic rings. The van der Waals surface area contributed by atoms with Gasteiger partial charge in [-0.1, -0.05) is 12.8 Å². The molecule has 1 saturated heterocycles. The predicted octanol–water partition coefficient (Wildman–Crippen LogP) is 2.02. The van der Waals surface area contributed by atoms with E-state index < -0.39 is 0 Å². The molecule has 7 heteroatoms. The van der Waals surface area contributed by atoms with Crippen molar-refractivity contribution in [1.82, 2.24) is 20.2 Å². The number of hydrogen-bond acceptors (Lipinski definition) is 4. The van der Waals surface area contributed by atoms with Crippen molar-refractivity contribution >= 4 is 22.8 Å². The number of nitrogens with one attached hydrogen (secondary N) is 2. The van der Waals surface area contributed by atoms with Crippen LogP contribution in [0, 0.1) is 5.92 Å². The summed E-state index contributed by atoms with van der Waals surface area (Å²) in [7, 11) is 1.63. The van der Waals surface area contributed by atoms with E-state index >= 15 is 0 Å². The Morgan fingerprint density at radius 2 is 2.19 bits per heavy atom. The quantitative estimate of drug-likeness (QED) is 0.814. The van der Waals surface area contributed by atoms with Crippen LogP contribution in [-0.4, -0.2) is 52.9 Å². The molecule has 1 saturated carbocycles. The molecular weight excluding hydrogens is 344 g/mol. The summed E-state index contributed by atoms with van der Waals surface area (Å²) in [6, 6.07) is 6.05. The Labute approximate surface area is 158 Å². The third-order valence-corrected chi connectivity index (χ3v) is 5.69. The molecule has 1 atom stereocenters. The van der Waals surface area contributed by atoms with Crippen LogP contribution in [0.4, 0.5) is 0 Å². The number of aromatic nitrogens is 2. The largest absolute Gasteiger partial charge is 0.497 e. The van der Waals surface area contributed by atoms with E-state index in [0.717, 1.165) is 35.4 Å². The number of ether oxygens (including phenoxy) is 1. The van der Waals surface area contributed by atoms with Crippen molar-refractivity contribution in [1.29, 1.82) is 0 Å². The monoisotopic (exact) mass is 370 g/mol. The molecule has 144 valence electrons. The molecule has 2 aromatic rings. The third kappa shape index (κ3) is 3.77. The third-order valence-electron chi connectivity index (χ3n) is 5.69. The molecule has 2 heterocycles. The van der Waals surface area contributed by atoms with E-state index in [-0.39, 0.29) is 17.7 Å². The number of carbonyl (C=O) groups excluding carboxylic acids is 2. The lowest BCUT2D eigenvalue weighted by Gasteiger charge is -2.23. The molecule has 0 radical (unpaired) electrons. The van der Waals surface area contributed by atoms with E-state index in [1.54, 1.807) is 7.11 Å². The number of aromatic amines is 1. The number of amides is 2. The van der Waals surface area contributed by atoms with Gasteiger partial charge in [0.25, 0.3) is 0 Å². The molecule has 0 unspecified atom stereocenters. The average Bonchev–Trinajstić information content (AvgIpc) is 3.39. The van der Waals surface area contributed by atoms with E-state index in [1.165, 1.54) is 12.8 Å². The first-order valence-electron chi connectivity index (χ1n) is 9.74. The summed E-state index contributed by atoms with van der Waals surface area (Å²) in [5.41, 5.74) is 1.80. The van der Waals surface area contributed by atoms with Crippen molar-refractivity contribution in [2.45, 2.75) is 44.6 Å². The van der Waals surface area contributed by atoms with Gasteiger partial charge < -0.3 is 19.9 Å². The summed E-state index contributed by atoms with van der Waals surface area (Å²) in [5.74, 6) is 1.49. The first-order valence-corrected chi connectivity index (χ1v) is 9.74. The van der Waals surface area contributed by atoms with Crippen LogP contribution in [-0.2, 0) is 16.0 Å². The topological polar surface area (TPSA) is 87.3 Å². The fourth-order valence-corrected chi connectivity index (χ4v) is 4.21. The summed E-state index contributed by atoms with van der Waals surface area (Å²) >= 11 is 0. The Morgan fingerprint density at radius 1 is 1.37 bits per heavy atom. The molecule has 27 heavy (non-hydrogen) atoms. The zero-order valence-corrected chi connectivity index (χ0v) is 15.7. The molecular formula is C20H26N4O3. The van der Waals surface area contributed by atoms with Crippen molar-refractivity contribution in [3.8, 4) is 5.75 Å². The second-order valence-electron chi connectivity index (χ2n) is 7.49. The zero-order chi connectivity index (χ0) is 18.8. The van der Waals surface area contributed by atoms with Gasteiger partial charge in [0.1, 0.15) is 11.6 Å². The van der Waals surface area contributed by atoms with Gasteiger partial charge in [-0.15, -0.1) is 0 Å². The Hall–Kier alpha value is -2.57. The second kappa shape index (κ2) is 7.58. The Balaban J connectivity index is 1.29. The van der Waals surface area contributed by atoms with Gasteiger partial charge >= 0.3 is 0 Å². The number of methoxy groups -OCH3 is 1. The highest BCUT2D eigenvalue weighted by atomic mass is 16.5. The molecule has 7 nitrogen and oxygen atoms in total. The average molecular weight is 370 g/mol. The van der Waals surface area contributed by atoms with Gasteiger partial charge in [0, 0.05) is 38.0 Å². The summed E-state index contributed by atoms with van der Waals surface area (Å²) < 4.78 is 5.22. The number of hydrogen-bond donors (Lipinski definition) is 2. The van der Waals surface area contributed by atoms with Gasteiger partial charge in [0.15, 0.2) is 0 Å². The van der Waals surface area contributed by atoms with Gasteiger partial charge in [0.2, 0.25) is 11.8 Å². The second-order valence-corrected chi connectivity index (χ2v) is 7.49. The fraction of sp³-hybridized carbons (Fsp3) is 0.550. The SMILES string of the molecule is COc1ccc2nc(CCNC(=O)[C@@H]3CC(=O)N(C4CCCC4)C3)[nH]c2c1. The number of carbonyl (C=O) groups is 2. The first kappa shape index (κ1) is 17.8. The standard InChI is InChI=1S/C20H26N4O3/c1-27-15-6-7-16-17(11-15)23-18(22-16)8-9-21-20(26)13-10-19(25)24(12-13)14-4-2-3-5-14/h6-7,11,13-14H,2-5,8-10,12H2,1H3,(H,21,26)(H,22,23)/t13-/m1/s1. The van der Waals surface area contributed by atoms with Gasteiger partial charge in [-0.2, -0.15) is 0 Å². The molecule has 2 amide bonds. The number of nitrogens with zero attached hydrogens (tertiary/aromatic N) is 2. The van der Waals surface area contributed by atoms with E-state index in [9.17, 15) is 9.59 Å². The minimum absolute atomic E-state index is 0.0263. The van der Waals surface area contributed by atoms with E-state index in [1.807, 2.05) is 23.1 Å². The summed E-state index contributed by atoms with van der Waals surface area (Å²) in [6.45, 7) is 1.07. The zero-order valence-electron chi connectivity index (χ0n) is 15.7. The lowest BCUT2D eigenvalue weighted by Crippen LogP contribution is -2.37. The van der Waals surface area contributed by atoms with Gasteiger partial charge in [-0.05, 0) is 25.0 Å². The van der Waals surface area contributed by atoms with Crippen LogP contribution in [0.3, 0.4) is 0 Å². The van der Waals surface area contributed by atoms with Crippen molar-refractivity contribution < 1.29 is 14.3 Å². The Morgan fingerprint density at radius 3 is 2.96 bits per heavy atom. The van der Waals surface area contributed by atoms with E-state index in [0.29, 0.717) is 32.0 Å². The highest BCUT2D eigenvalue weighted by Gasteiger charge is 2.38. The van der Waals surface area contributed by atoms with Crippen LogP contribution in [0.5, 0.6) is 5.75 Å². The fourth-order valence-electron chi connectivity index (χ4n) is 4.21. The number of H-pyrrole nitrogens is 1. The van der Waals surface area contributed by atoms with E-state index in [2.05, 4.69) is 15.3 Å². The lowest BCUT2D eigenvalue weighted by molar-refractivity contribution is -0.130. The van der Waals surface area contributed by atoms with Crippen molar-refractivity contribution in [2.75, 3.05) is 20.2 Å². The van der Waals surface area contributed by atoms with Crippen LogP contribution >= 0.6 is 0 Å². The molecule has 0 bridgehead atoms. The molecule has 0 spiro atoms. The maximum atomic E-state index is 12.5. The minimum atomic E-state index is -0.224. The van der Waals surface area contributed by atoms with Crippen LogP contribution in [0.1, 0.15) is 37.9 Å².